The van der Waals surface area contributed by atoms with Crippen LogP contribution in [0.15, 0.2) is 28.7 Å². The van der Waals surface area contributed by atoms with Gasteiger partial charge < -0.3 is 9.84 Å². The lowest BCUT2D eigenvalue weighted by Gasteiger charge is -2.07. The van der Waals surface area contributed by atoms with Crippen LogP contribution in [0.5, 0.6) is 0 Å². The Hall–Kier alpha value is -0.390. The number of hydrogen-bond acceptors (Lipinski definition) is 3. The zero-order valence-electron chi connectivity index (χ0n) is 11.2. The molecule has 0 aliphatic rings. The number of ether oxygens (including phenoxy) is 1. The van der Waals surface area contributed by atoms with E-state index in [9.17, 15) is 5.11 Å². The molecule has 108 valence electrons. The van der Waals surface area contributed by atoms with Crippen molar-refractivity contribution >= 4 is 38.9 Å². The summed E-state index contributed by atoms with van der Waals surface area (Å²) in [6, 6.07) is 8.09. The first-order valence-corrected chi connectivity index (χ1v) is 8.27. The summed E-state index contributed by atoms with van der Waals surface area (Å²) < 4.78 is 5.99. The molecule has 0 saturated carbocycles. The SMILES string of the molecule is COCCc1ccc(Cc2cc(Br)c(CO)cc2Cl)s1. The van der Waals surface area contributed by atoms with Crippen molar-refractivity contribution in [2.45, 2.75) is 19.4 Å². The van der Waals surface area contributed by atoms with E-state index in [1.807, 2.05) is 12.1 Å². The standard InChI is InChI=1S/C15H16BrClO2S/c1-19-5-4-12-2-3-13(20-12)6-10-7-14(16)11(9-18)8-15(10)17/h2-3,7-8,18H,4-6,9H2,1H3. The van der Waals surface area contributed by atoms with Crippen molar-refractivity contribution in [3.8, 4) is 0 Å². The fourth-order valence-corrected chi connectivity index (χ4v) is 3.72. The topological polar surface area (TPSA) is 29.5 Å². The van der Waals surface area contributed by atoms with E-state index in [1.54, 1.807) is 18.4 Å². The van der Waals surface area contributed by atoms with Crippen molar-refractivity contribution in [2.24, 2.45) is 0 Å². The first kappa shape index (κ1) is 16.0. The van der Waals surface area contributed by atoms with Crippen molar-refractivity contribution in [2.75, 3.05) is 13.7 Å². The Kier molecular flexibility index (Phi) is 6.05. The zero-order valence-corrected chi connectivity index (χ0v) is 14.3. The lowest BCUT2D eigenvalue weighted by molar-refractivity contribution is 0.203. The first-order valence-electron chi connectivity index (χ1n) is 6.28. The molecule has 0 aliphatic carbocycles. The molecule has 0 bridgehead atoms. The summed E-state index contributed by atoms with van der Waals surface area (Å²) in [4.78, 5) is 2.60. The lowest BCUT2D eigenvalue weighted by atomic mass is 10.1. The second kappa shape index (κ2) is 7.57. The highest BCUT2D eigenvalue weighted by molar-refractivity contribution is 9.10. The van der Waals surface area contributed by atoms with Crippen molar-refractivity contribution in [1.29, 1.82) is 0 Å². The van der Waals surface area contributed by atoms with Crippen LogP contribution in [-0.4, -0.2) is 18.8 Å². The number of aliphatic hydroxyl groups is 1. The van der Waals surface area contributed by atoms with E-state index < -0.39 is 0 Å². The Morgan fingerprint density at radius 2 is 2.00 bits per heavy atom. The number of rotatable bonds is 6. The third kappa shape index (κ3) is 4.06. The number of methoxy groups -OCH3 is 1. The van der Waals surface area contributed by atoms with E-state index >= 15 is 0 Å². The van der Waals surface area contributed by atoms with E-state index in [4.69, 9.17) is 16.3 Å². The summed E-state index contributed by atoms with van der Waals surface area (Å²) in [5.74, 6) is 0. The van der Waals surface area contributed by atoms with Gasteiger partial charge in [0.2, 0.25) is 0 Å². The van der Waals surface area contributed by atoms with E-state index in [1.165, 1.54) is 9.75 Å². The van der Waals surface area contributed by atoms with Gasteiger partial charge in [-0.05, 0) is 35.4 Å². The molecule has 1 aromatic heterocycles. The molecule has 0 radical (unpaired) electrons. The summed E-state index contributed by atoms with van der Waals surface area (Å²) in [6.45, 7) is 0.734. The summed E-state index contributed by atoms with van der Waals surface area (Å²) in [5, 5.41) is 9.91. The molecule has 0 aliphatic heterocycles. The molecule has 0 spiro atoms. The predicted octanol–water partition coefficient (Wildman–Crippen LogP) is 4.44. The average molecular weight is 376 g/mol. The molecule has 20 heavy (non-hydrogen) atoms. The highest BCUT2D eigenvalue weighted by atomic mass is 79.9. The third-order valence-corrected chi connectivity index (χ3v) is 5.26. The van der Waals surface area contributed by atoms with Gasteiger partial charge in [-0.25, -0.2) is 0 Å². The minimum atomic E-state index is -0.0131. The molecule has 0 unspecified atom stereocenters. The molecule has 0 saturated heterocycles. The first-order chi connectivity index (χ1) is 9.63. The maximum Gasteiger partial charge on any atom is 0.0693 e. The molecule has 1 aromatic carbocycles. The summed E-state index contributed by atoms with van der Waals surface area (Å²) >= 11 is 11.5. The quantitative estimate of drug-likeness (QED) is 0.809. The molecule has 1 heterocycles. The maximum absolute atomic E-state index is 9.21. The van der Waals surface area contributed by atoms with Crippen LogP contribution in [0.3, 0.4) is 0 Å². The van der Waals surface area contributed by atoms with Gasteiger partial charge in [0, 0.05) is 39.2 Å². The zero-order chi connectivity index (χ0) is 14.5. The Balaban J connectivity index is 2.13. The second-order valence-electron chi connectivity index (χ2n) is 4.48. The molecule has 1 N–H and O–H groups in total. The molecule has 2 aromatic rings. The number of aliphatic hydroxyl groups excluding tert-OH is 1. The minimum absolute atomic E-state index is 0.0131. The van der Waals surface area contributed by atoms with Gasteiger partial charge in [0.1, 0.15) is 0 Å². The van der Waals surface area contributed by atoms with Crippen LogP contribution in [0.2, 0.25) is 5.02 Å². The van der Waals surface area contributed by atoms with Gasteiger partial charge in [-0.1, -0.05) is 27.5 Å². The molecule has 5 heteroatoms. The molecule has 0 amide bonds. The van der Waals surface area contributed by atoms with E-state index in [0.717, 1.165) is 35.0 Å². The Morgan fingerprint density at radius 3 is 2.70 bits per heavy atom. The maximum atomic E-state index is 9.21. The molecule has 2 nitrogen and oxygen atoms in total. The fourth-order valence-electron chi connectivity index (χ4n) is 1.93. The average Bonchev–Trinajstić information content (AvgIpc) is 2.87. The summed E-state index contributed by atoms with van der Waals surface area (Å²) in [7, 11) is 1.72. The Labute approximate surface area is 136 Å². The van der Waals surface area contributed by atoms with Crippen LogP contribution in [0.1, 0.15) is 20.9 Å². The third-order valence-electron chi connectivity index (χ3n) is 3.02. The van der Waals surface area contributed by atoms with Gasteiger partial charge in [-0.3, -0.25) is 0 Å². The predicted molar refractivity (Wildman–Crippen MR) is 87.8 cm³/mol. The van der Waals surface area contributed by atoms with Crippen molar-refractivity contribution in [1.82, 2.24) is 0 Å². The van der Waals surface area contributed by atoms with E-state index in [2.05, 4.69) is 28.1 Å². The van der Waals surface area contributed by atoms with Gasteiger partial charge in [0.25, 0.3) is 0 Å². The van der Waals surface area contributed by atoms with Crippen LogP contribution in [0.25, 0.3) is 0 Å². The Bertz CT molecular complexity index is 583. The molecular weight excluding hydrogens is 360 g/mol. The number of benzene rings is 1. The number of halogens is 2. The summed E-state index contributed by atoms with van der Waals surface area (Å²) in [5.41, 5.74) is 1.88. The number of hydrogen-bond donors (Lipinski definition) is 1. The van der Waals surface area contributed by atoms with Gasteiger partial charge >= 0.3 is 0 Å². The lowest BCUT2D eigenvalue weighted by Crippen LogP contribution is -1.92. The molecule has 0 fully saturated rings. The van der Waals surface area contributed by atoms with Crippen LogP contribution in [0.4, 0.5) is 0 Å². The van der Waals surface area contributed by atoms with Crippen LogP contribution >= 0.6 is 38.9 Å². The normalized spacial score (nSPS) is 11.0. The highest BCUT2D eigenvalue weighted by Gasteiger charge is 2.09. The monoisotopic (exact) mass is 374 g/mol. The molecule has 2 rings (SSSR count). The van der Waals surface area contributed by atoms with Crippen LogP contribution in [0, 0.1) is 0 Å². The minimum Gasteiger partial charge on any atom is -0.392 e. The second-order valence-corrected chi connectivity index (χ2v) is 7.00. The summed E-state index contributed by atoms with van der Waals surface area (Å²) in [6.07, 6.45) is 1.75. The van der Waals surface area contributed by atoms with E-state index in [-0.39, 0.29) is 6.61 Å². The van der Waals surface area contributed by atoms with Crippen molar-refractivity contribution < 1.29 is 9.84 Å². The van der Waals surface area contributed by atoms with E-state index in [0.29, 0.717) is 5.02 Å². The highest BCUT2D eigenvalue weighted by Crippen LogP contribution is 2.29. The van der Waals surface area contributed by atoms with Gasteiger partial charge in [0.15, 0.2) is 0 Å². The smallest absolute Gasteiger partial charge is 0.0693 e. The van der Waals surface area contributed by atoms with Gasteiger partial charge in [0.05, 0.1) is 13.2 Å². The van der Waals surface area contributed by atoms with Crippen LogP contribution < -0.4 is 0 Å². The largest absolute Gasteiger partial charge is 0.392 e. The van der Waals surface area contributed by atoms with Gasteiger partial charge in [-0.2, -0.15) is 0 Å². The van der Waals surface area contributed by atoms with Gasteiger partial charge in [-0.15, -0.1) is 11.3 Å². The molecular formula is C15H16BrClO2S. The number of thiophene rings is 1. The van der Waals surface area contributed by atoms with Crippen LogP contribution in [-0.2, 0) is 24.2 Å². The fraction of sp³-hybridized carbons (Fsp3) is 0.333. The van der Waals surface area contributed by atoms with Crippen molar-refractivity contribution in [3.05, 3.63) is 54.6 Å². The molecule has 0 atom stereocenters. The Morgan fingerprint density at radius 1 is 1.25 bits per heavy atom. The van der Waals surface area contributed by atoms with Crippen molar-refractivity contribution in [3.63, 3.8) is 0 Å².